The van der Waals surface area contributed by atoms with E-state index < -0.39 is 11.6 Å². The van der Waals surface area contributed by atoms with Gasteiger partial charge in [-0.25, -0.2) is 4.79 Å². The average molecular weight is 230 g/mol. The van der Waals surface area contributed by atoms with Crippen molar-refractivity contribution in [3.8, 4) is 0 Å². The third-order valence-electron chi connectivity index (χ3n) is 3.19. The maximum atomic E-state index is 11.2. The second-order valence-electron chi connectivity index (χ2n) is 4.96. The largest absolute Gasteiger partial charge is 0.467 e. The first kappa shape index (κ1) is 13.5. The van der Waals surface area contributed by atoms with Crippen molar-refractivity contribution in [2.75, 3.05) is 13.7 Å². The van der Waals surface area contributed by atoms with E-state index in [1.807, 2.05) is 0 Å². The number of ether oxygens (including phenoxy) is 2. The molecule has 1 saturated carbocycles. The van der Waals surface area contributed by atoms with Gasteiger partial charge in [-0.05, 0) is 38.5 Å². The SMILES string of the molecule is COC(=O)C(C)(O)COC1CCC(C)CC1. The molecule has 0 heterocycles. The first-order valence-electron chi connectivity index (χ1n) is 5.88. The summed E-state index contributed by atoms with van der Waals surface area (Å²) in [6.07, 6.45) is 4.51. The molecule has 1 aliphatic carbocycles. The number of rotatable bonds is 4. The zero-order valence-corrected chi connectivity index (χ0v) is 10.4. The summed E-state index contributed by atoms with van der Waals surface area (Å²) < 4.78 is 10.1. The van der Waals surface area contributed by atoms with Crippen LogP contribution in [-0.4, -0.2) is 36.5 Å². The van der Waals surface area contributed by atoms with E-state index in [4.69, 9.17) is 4.74 Å². The lowest BCUT2D eigenvalue weighted by atomic mass is 9.89. The number of esters is 1. The van der Waals surface area contributed by atoms with E-state index in [0.29, 0.717) is 0 Å². The van der Waals surface area contributed by atoms with Gasteiger partial charge in [0.2, 0.25) is 0 Å². The number of carbonyl (C=O) groups excluding carboxylic acids is 1. The molecule has 0 saturated heterocycles. The Hall–Kier alpha value is -0.610. The maximum Gasteiger partial charge on any atom is 0.339 e. The molecule has 4 nitrogen and oxygen atoms in total. The van der Waals surface area contributed by atoms with E-state index in [2.05, 4.69) is 11.7 Å². The summed E-state index contributed by atoms with van der Waals surface area (Å²) in [7, 11) is 1.26. The fraction of sp³-hybridized carbons (Fsp3) is 0.917. The van der Waals surface area contributed by atoms with Crippen LogP contribution >= 0.6 is 0 Å². The normalized spacial score (nSPS) is 29.5. The third kappa shape index (κ3) is 3.76. The number of methoxy groups -OCH3 is 1. The van der Waals surface area contributed by atoms with Crippen molar-refractivity contribution >= 4 is 5.97 Å². The summed E-state index contributed by atoms with van der Waals surface area (Å²) in [6.45, 7) is 3.67. The average Bonchev–Trinajstić information content (AvgIpc) is 2.27. The Bertz CT molecular complexity index is 229. The Balaban J connectivity index is 2.31. The van der Waals surface area contributed by atoms with Gasteiger partial charge in [-0.1, -0.05) is 6.92 Å². The summed E-state index contributed by atoms with van der Waals surface area (Å²) in [5.74, 6) is 0.123. The molecule has 1 aliphatic rings. The van der Waals surface area contributed by atoms with Crippen LogP contribution in [0.15, 0.2) is 0 Å². The topological polar surface area (TPSA) is 55.8 Å². The molecule has 4 heteroatoms. The van der Waals surface area contributed by atoms with Gasteiger partial charge in [-0.15, -0.1) is 0 Å². The summed E-state index contributed by atoms with van der Waals surface area (Å²) in [5, 5.41) is 9.77. The van der Waals surface area contributed by atoms with Crippen molar-refractivity contribution in [2.45, 2.75) is 51.2 Å². The van der Waals surface area contributed by atoms with Crippen LogP contribution in [0.3, 0.4) is 0 Å². The second kappa shape index (κ2) is 5.64. The van der Waals surface area contributed by atoms with Crippen LogP contribution in [0, 0.1) is 5.92 Å². The molecule has 1 unspecified atom stereocenters. The molecule has 0 spiro atoms. The Morgan fingerprint density at radius 1 is 1.38 bits per heavy atom. The molecule has 94 valence electrons. The molecular weight excluding hydrogens is 208 g/mol. The molecule has 16 heavy (non-hydrogen) atoms. The van der Waals surface area contributed by atoms with Crippen LogP contribution in [0.5, 0.6) is 0 Å². The van der Waals surface area contributed by atoms with Crippen molar-refractivity contribution in [1.82, 2.24) is 0 Å². The zero-order valence-electron chi connectivity index (χ0n) is 10.4. The van der Waals surface area contributed by atoms with Gasteiger partial charge in [0.05, 0.1) is 19.8 Å². The smallest absolute Gasteiger partial charge is 0.339 e. The van der Waals surface area contributed by atoms with Crippen molar-refractivity contribution in [3.05, 3.63) is 0 Å². The Labute approximate surface area is 96.9 Å². The number of carbonyl (C=O) groups is 1. The number of aliphatic hydroxyl groups is 1. The van der Waals surface area contributed by atoms with Gasteiger partial charge < -0.3 is 14.6 Å². The van der Waals surface area contributed by atoms with Crippen LogP contribution in [-0.2, 0) is 14.3 Å². The van der Waals surface area contributed by atoms with Gasteiger partial charge in [0, 0.05) is 0 Å². The molecule has 0 bridgehead atoms. The fourth-order valence-electron chi connectivity index (χ4n) is 1.96. The highest BCUT2D eigenvalue weighted by Crippen LogP contribution is 2.26. The second-order valence-corrected chi connectivity index (χ2v) is 4.96. The third-order valence-corrected chi connectivity index (χ3v) is 3.19. The molecule has 0 aromatic carbocycles. The summed E-state index contributed by atoms with van der Waals surface area (Å²) in [4.78, 5) is 11.2. The Kier molecular flexibility index (Phi) is 4.74. The molecule has 1 fully saturated rings. The van der Waals surface area contributed by atoms with E-state index in [1.54, 1.807) is 0 Å². The van der Waals surface area contributed by atoms with Crippen LogP contribution in [0.1, 0.15) is 39.5 Å². The van der Waals surface area contributed by atoms with Gasteiger partial charge in [-0.3, -0.25) is 0 Å². The quantitative estimate of drug-likeness (QED) is 0.744. The van der Waals surface area contributed by atoms with Crippen molar-refractivity contribution in [2.24, 2.45) is 5.92 Å². The standard InChI is InChI=1S/C12H22O4/c1-9-4-6-10(7-5-9)16-8-12(2,14)11(13)15-3/h9-10,14H,4-8H2,1-3H3. The van der Waals surface area contributed by atoms with E-state index in [0.717, 1.165) is 31.6 Å². The highest BCUT2D eigenvalue weighted by molar-refractivity contribution is 5.78. The summed E-state index contributed by atoms with van der Waals surface area (Å²) >= 11 is 0. The summed E-state index contributed by atoms with van der Waals surface area (Å²) in [6, 6.07) is 0. The van der Waals surface area contributed by atoms with Crippen LogP contribution in [0.2, 0.25) is 0 Å². The minimum atomic E-state index is -1.53. The highest BCUT2D eigenvalue weighted by atomic mass is 16.6. The maximum absolute atomic E-state index is 11.2. The number of hydrogen-bond acceptors (Lipinski definition) is 4. The number of hydrogen-bond donors (Lipinski definition) is 1. The highest BCUT2D eigenvalue weighted by Gasteiger charge is 2.33. The van der Waals surface area contributed by atoms with Crippen LogP contribution in [0.4, 0.5) is 0 Å². The van der Waals surface area contributed by atoms with Crippen molar-refractivity contribution in [3.63, 3.8) is 0 Å². The lowest BCUT2D eigenvalue weighted by molar-refractivity contribution is -0.169. The minimum Gasteiger partial charge on any atom is -0.467 e. The van der Waals surface area contributed by atoms with E-state index >= 15 is 0 Å². The first-order chi connectivity index (χ1) is 7.45. The molecule has 0 amide bonds. The molecule has 0 aliphatic heterocycles. The molecule has 0 aromatic heterocycles. The Morgan fingerprint density at radius 3 is 2.44 bits per heavy atom. The summed E-state index contributed by atoms with van der Waals surface area (Å²) in [5.41, 5.74) is -1.53. The van der Waals surface area contributed by atoms with Gasteiger partial charge in [0.1, 0.15) is 0 Å². The van der Waals surface area contributed by atoms with Gasteiger partial charge in [-0.2, -0.15) is 0 Å². The molecule has 1 N–H and O–H groups in total. The van der Waals surface area contributed by atoms with Crippen molar-refractivity contribution in [1.29, 1.82) is 0 Å². The van der Waals surface area contributed by atoms with Gasteiger partial charge in [0.15, 0.2) is 5.60 Å². The predicted molar refractivity (Wildman–Crippen MR) is 60.0 cm³/mol. The van der Waals surface area contributed by atoms with Gasteiger partial charge in [0.25, 0.3) is 0 Å². The molecule has 0 radical (unpaired) electrons. The lowest BCUT2D eigenvalue weighted by Gasteiger charge is -2.29. The Morgan fingerprint density at radius 2 is 1.94 bits per heavy atom. The monoisotopic (exact) mass is 230 g/mol. The van der Waals surface area contributed by atoms with E-state index in [1.165, 1.54) is 14.0 Å². The van der Waals surface area contributed by atoms with E-state index in [9.17, 15) is 9.90 Å². The van der Waals surface area contributed by atoms with Crippen LogP contribution in [0.25, 0.3) is 0 Å². The predicted octanol–water partition coefficient (Wildman–Crippen LogP) is 1.51. The fourth-order valence-corrected chi connectivity index (χ4v) is 1.96. The van der Waals surface area contributed by atoms with E-state index in [-0.39, 0.29) is 12.7 Å². The molecule has 0 aromatic rings. The van der Waals surface area contributed by atoms with Crippen LogP contribution < -0.4 is 0 Å². The minimum absolute atomic E-state index is 0.0126. The molecule has 1 rings (SSSR count). The first-order valence-corrected chi connectivity index (χ1v) is 5.88. The zero-order chi connectivity index (χ0) is 12.2. The lowest BCUT2D eigenvalue weighted by Crippen LogP contribution is -2.42. The molecular formula is C12H22O4. The van der Waals surface area contributed by atoms with Crippen molar-refractivity contribution < 1.29 is 19.4 Å². The van der Waals surface area contributed by atoms with Gasteiger partial charge >= 0.3 is 5.97 Å². The molecule has 1 atom stereocenters.